The number of aliphatic hydroxyl groups excluding tert-OH is 1. The summed E-state index contributed by atoms with van der Waals surface area (Å²) >= 11 is 5.99. The maximum Gasteiger partial charge on any atom is 0.275 e. The molecule has 0 bridgehead atoms. The molecule has 10 heteroatoms. The van der Waals surface area contributed by atoms with Gasteiger partial charge in [-0.1, -0.05) is 37.6 Å². The predicted molar refractivity (Wildman–Crippen MR) is 129 cm³/mol. The molecule has 1 atom stereocenters. The molecule has 4 aromatic rings. The number of aliphatic hydroxyl groups is 1. The Balaban J connectivity index is 1.79. The smallest absolute Gasteiger partial charge is 0.275 e. The number of carbonyl (C=O) groups excluding carboxylic acids is 1. The Morgan fingerprint density at radius 2 is 1.91 bits per heavy atom. The summed E-state index contributed by atoms with van der Waals surface area (Å²) in [6, 6.07) is 8.95. The van der Waals surface area contributed by atoms with Gasteiger partial charge in [0.25, 0.3) is 11.5 Å². The number of amides is 1. The normalized spacial score (nSPS) is 12.3. The van der Waals surface area contributed by atoms with Crippen molar-refractivity contribution in [2.24, 2.45) is 0 Å². The highest BCUT2D eigenvalue weighted by Gasteiger charge is 2.25. The lowest BCUT2D eigenvalue weighted by Crippen LogP contribution is -2.29. The third-order valence-electron chi connectivity index (χ3n) is 5.68. The average Bonchev–Trinajstić information content (AvgIpc) is 3.21. The van der Waals surface area contributed by atoms with E-state index in [2.05, 4.69) is 15.4 Å². The first-order valence-corrected chi connectivity index (χ1v) is 11.4. The fourth-order valence-corrected chi connectivity index (χ4v) is 4.23. The second kappa shape index (κ2) is 9.97. The standard InChI is InChI=1S/C25H23ClF2N4O3/c1-13(2)21-18(24(34)29-20(9-10-33)14-3-6-16(27)7-4-14)12-32-22(21)25(35)30-23(31-32)17-11-15(26)5-8-19(17)28/h3-8,11-13,20,33H,9-10H2,1-2H3,(H,29,34)(H,30,31,35)/t20-/m1/s1. The van der Waals surface area contributed by atoms with E-state index < -0.39 is 29.1 Å². The summed E-state index contributed by atoms with van der Waals surface area (Å²) in [5, 5.41) is 17.0. The van der Waals surface area contributed by atoms with E-state index in [0.717, 1.165) is 0 Å². The molecule has 1 amide bonds. The summed E-state index contributed by atoms with van der Waals surface area (Å²) in [6.45, 7) is 3.47. The molecule has 2 heterocycles. The van der Waals surface area contributed by atoms with Crippen LogP contribution in [0.1, 0.15) is 53.7 Å². The van der Waals surface area contributed by atoms with Gasteiger partial charge in [-0.2, -0.15) is 0 Å². The van der Waals surface area contributed by atoms with Crippen LogP contribution in [0.25, 0.3) is 16.9 Å². The number of fused-ring (bicyclic) bond motifs is 1. The van der Waals surface area contributed by atoms with Crippen molar-refractivity contribution in [2.45, 2.75) is 32.2 Å². The number of nitrogens with zero attached hydrogens (tertiary/aromatic N) is 2. The van der Waals surface area contributed by atoms with E-state index in [1.807, 2.05) is 13.8 Å². The lowest BCUT2D eigenvalue weighted by molar-refractivity contribution is 0.0929. The van der Waals surface area contributed by atoms with E-state index in [4.69, 9.17) is 11.6 Å². The Hall–Kier alpha value is -3.56. The van der Waals surface area contributed by atoms with Crippen molar-refractivity contribution in [1.29, 1.82) is 0 Å². The monoisotopic (exact) mass is 500 g/mol. The minimum atomic E-state index is -0.614. The zero-order valence-electron chi connectivity index (χ0n) is 19.0. The van der Waals surface area contributed by atoms with E-state index >= 15 is 0 Å². The van der Waals surface area contributed by atoms with Gasteiger partial charge in [-0.05, 0) is 48.2 Å². The lowest BCUT2D eigenvalue weighted by Gasteiger charge is -2.19. The van der Waals surface area contributed by atoms with Gasteiger partial charge in [-0.3, -0.25) is 9.59 Å². The Bertz CT molecular complexity index is 1450. The summed E-state index contributed by atoms with van der Waals surface area (Å²) in [6.07, 6.45) is 1.63. The molecule has 0 aliphatic heterocycles. The maximum absolute atomic E-state index is 14.4. The molecule has 4 rings (SSSR count). The predicted octanol–water partition coefficient (Wildman–Crippen LogP) is 4.60. The molecule has 0 aliphatic rings. The molecule has 7 nitrogen and oxygen atoms in total. The van der Waals surface area contributed by atoms with E-state index in [9.17, 15) is 23.5 Å². The summed E-state index contributed by atoms with van der Waals surface area (Å²) in [5.74, 6) is -1.78. The fraction of sp³-hybridized carbons (Fsp3) is 0.240. The highest BCUT2D eigenvalue weighted by atomic mass is 35.5. The Morgan fingerprint density at radius 3 is 2.57 bits per heavy atom. The first-order chi connectivity index (χ1) is 16.7. The Labute approximate surface area is 204 Å². The average molecular weight is 501 g/mol. The third kappa shape index (κ3) is 4.96. The van der Waals surface area contributed by atoms with Crippen molar-refractivity contribution in [3.63, 3.8) is 0 Å². The number of benzene rings is 2. The molecule has 0 saturated heterocycles. The van der Waals surface area contributed by atoms with Gasteiger partial charge in [0.1, 0.15) is 17.2 Å². The zero-order chi connectivity index (χ0) is 25.3. The van der Waals surface area contributed by atoms with E-state index in [-0.39, 0.29) is 46.4 Å². The molecule has 35 heavy (non-hydrogen) atoms. The first kappa shape index (κ1) is 24.6. The van der Waals surface area contributed by atoms with Crippen molar-refractivity contribution in [3.05, 3.63) is 92.4 Å². The summed E-state index contributed by atoms with van der Waals surface area (Å²) in [5.41, 5.74) is 0.947. The number of halogens is 3. The second-order valence-electron chi connectivity index (χ2n) is 8.42. The number of carbonyl (C=O) groups is 1. The molecule has 2 aromatic carbocycles. The molecule has 0 saturated carbocycles. The first-order valence-electron chi connectivity index (χ1n) is 11.0. The minimum Gasteiger partial charge on any atom is -0.396 e. The lowest BCUT2D eigenvalue weighted by atomic mass is 9.98. The molecule has 0 radical (unpaired) electrons. The number of H-pyrrole nitrogens is 1. The van der Waals surface area contributed by atoms with Crippen LogP contribution in [-0.2, 0) is 0 Å². The van der Waals surface area contributed by atoms with Gasteiger partial charge >= 0.3 is 0 Å². The van der Waals surface area contributed by atoms with Crippen LogP contribution in [0.2, 0.25) is 5.02 Å². The van der Waals surface area contributed by atoms with Crippen molar-refractivity contribution < 1.29 is 18.7 Å². The summed E-state index contributed by atoms with van der Waals surface area (Å²) < 4.78 is 29.0. The molecule has 0 aliphatic carbocycles. The Kier molecular flexibility index (Phi) is 7.00. The highest BCUT2D eigenvalue weighted by Crippen LogP contribution is 2.28. The van der Waals surface area contributed by atoms with Crippen molar-refractivity contribution >= 4 is 23.0 Å². The summed E-state index contributed by atoms with van der Waals surface area (Å²) in [7, 11) is 0. The molecular formula is C25H23ClF2N4O3. The van der Waals surface area contributed by atoms with Gasteiger partial charge < -0.3 is 15.4 Å². The van der Waals surface area contributed by atoms with E-state index in [0.29, 0.717) is 11.1 Å². The van der Waals surface area contributed by atoms with Gasteiger partial charge in [0, 0.05) is 23.4 Å². The van der Waals surface area contributed by atoms with Crippen LogP contribution in [0, 0.1) is 11.6 Å². The van der Waals surface area contributed by atoms with Crippen LogP contribution >= 0.6 is 11.6 Å². The number of nitrogens with one attached hydrogen (secondary N) is 2. The van der Waals surface area contributed by atoms with Crippen molar-refractivity contribution in [1.82, 2.24) is 19.9 Å². The second-order valence-corrected chi connectivity index (χ2v) is 8.86. The van der Waals surface area contributed by atoms with Crippen LogP contribution < -0.4 is 10.9 Å². The van der Waals surface area contributed by atoms with Gasteiger partial charge in [-0.25, -0.2) is 13.3 Å². The molecular weight excluding hydrogens is 478 g/mol. The number of hydrogen-bond acceptors (Lipinski definition) is 4. The molecule has 3 N–H and O–H groups in total. The van der Waals surface area contributed by atoms with Crippen LogP contribution in [0.3, 0.4) is 0 Å². The fourth-order valence-electron chi connectivity index (χ4n) is 4.06. The van der Waals surface area contributed by atoms with Crippen molar-refractivity contribution in [3.8, 4) is 11.4 Å². The largest absolute Gasteiger partial charge is 0.396 e. The SMILES string of the molecule is CC(C)c1c(C(=O)N[C@H](CCO)c2ccc(F)cc2)cn2nc(-c3cc(Cl)ccc3F)[nH]c(=O)c12. The molecule has 182 valence electrons. The van der Waals surface area contributed by atoms with E-state index in [1.165, 1.54) is 53.2 Å². The summed E-state index contributed by atoms with van der Waals surface area (Å²) in [4.78, 5) is 29.0. The molecule has 0 unspecified atom stereocenters. The zero-order valence-corrected chi connectivity index (χ0v) is 19.7. The van der Waals surface area contributed by atoms with Crippen LogP contribution in [-0.4, -0.2) is 32.2 Å². The van der Waals surface area contributed by atoms with Gasteiger partial charge in [0.15, 0.2) is 5.82 Å². The topological polar surface area (TPSA) is 99.5 Å². The number of aromatic nitrogens is 3. The molecule has 0 fully saturated rings. The van der Waals surface area contributed by atoms with Gasteiger partial charge in [0.2, 0.25) is 0 Å². The van der Waals surface area contributed by atoms with Crippen LogP contribution in [0.5, 0.6) is 0 Å². The highest BCUT2D eigenvalue weighted by molar-refractivity contribution is 6.30. The number of aromatic amines is 1. The van der Waals surface area contributed by atoms with Crippen LogP contribution in [0.15, 0.2) is 53.5 Å². The van der Waals surface area contributed by atoms with Crippen molar-refractivity contribution in [2.75, 3.05) is 6.61 Å². The third-order valence-corrected chi connectivity index (χ3v) is 5.92. The Morgan fingerprint density at radius 1 is 1.20 bits per heavy atom. The number of hydrogen-bond donors (Lipinski definition) is 3. The minimum absolute atomic E-state index is 0.0154. The molecule has 2 aromatic heterocycles. The quantitative estimate of drug-likeness (QED) is 0.345. The van der Waals surface area contributed by atoms with Crippen LogP contribution in [0.4, 0.5) is 8.78 Å². The van der Waals surface area contributed by atoms with E-state index in [1.54, 1.807) is 0 Å². The van der Waals surface area contributed by atoms with Gasteiger partial charge in [0.05, 0.1) is 17.2 Å². The maximum atomic E-state index is 14.4. The van der Waals surface area contributed by atoms with Gasteiger partial charge in [-0.15, -0.1) is 5.10 Å². The molecule has 0 spiro atoms. The number of rotatable bonds is 7.